The van der Waals surface area contributed by atoms with Gasteiger partial charge in [-0.15, -0.1) is 24.8 Å². The number of rotatable bonds is 8. The molecule has 0 saturated carbocycles. The zero-order valence-corrected chi connectivity index (χ0v) is 16.9. The number of fused-ring (bicyclic) bond motifs is 1. The molecule has 0 amide bonds. The van der Waals surface area contributed by atoms with Crippen molar-refractivity contribution in [2.45, 2.75) is 26.9 Å². The first kappa shape index (κ1) is 22.2. The molecule has 0 aliphatic heterocycles. The minimum absolute atomic E-state index is 0. The van der Waals surface area contributed by atoms with Gasteiger partial charge in [0.15, 0.2) is 0 Å². The quantitative estimate of drug-likeness (QED) is 0.619. The molecule has 142 valence electrons. The van der Waals surface area contributed by atoms with Crippen molar-refractivity contribution >= 4 is 41.8 Å². The molecule has 2 aromatic heterocycles. The van der Waals surface area contributed by atoms with Gasteiger partial charge in [0.2, 0.25) is 5.95 Å². The van der Waals surface area contributed by atoms with Crippen molar-refractivity contribution in [2.24, 2.45) is 0 Å². The molecule has 3 rings (SSSR count). The number of aromatic nitrogens is 3. The summed E-state index contributed by atoms with van der Waals surface area (Å²) in [6, 6.07) is 14.3. The molecular weight excluding hydrogens is 369 g/mol. The third kappa shape index (κ3) is 5.34. The lowest BCUT2D eigenvalue weighted by molar-refractivity contribution is 0.292. The molecule has 0 aliphatic rings. The van der Waals surface area contributed by atoms with Crippen molar-refractivity contribution < 1.29 is 0 Å². The lowest BCUT2D eigenvalue weighted by Crippen LogP contribution is -2.27. The summed E-state index contributed by atoms with van der Waals surface area (Å²) in [6.07, 6.45) is 1.82. The van der Waals surface area contributed by atoms with Crippen molar-refractivity contribution in [1.29, 1.82) is 0 Å². The van der Waals surface area contributed by atoms with E-state index in [0.29, 0.717) is 6.54 Å². The van der Waals surface area contributed by atoms with E-state index in [9.17, 15) is 0 Å². The number of para-hydroxylation sites is 2. The van der Waals surface area contributed by atoms with Gasteiger partial charge in [-0.05, 0) is 37.4 Å². The molecule has 2 heterocycles. The molecule has 0 aliphatic carbocycles. The van der Waals surface area contributed by atoms with Gasteiger partial charge in [-0.2, -0.15) is 0 Å². The minimum atomic E-state index is 0. The van der Waals surface area contributed by atoms with Gasteiger partial charge in [0.1, 0.15) is 0 Å². The maximum Gasteiger partial charge on any atom is 0.204 e. The highest BCUT2D eigenvalue weighted by molar-refractivity contribution is 5.85. The Morgan fingerprint density at radius 1 is 1.00 bits per heavy atom. The number of likely N-dealkylation sites (N-methyl/N-ethyl adjacent to an activating group) is 1. The van der Waals surface area contributed by atoms with E-state index < -0.39 is 0 Å². The standard InChI is InChI=1S/C19H25N5.2ClH/c1-3-23(4-2)13-14-24-18-11-6-5-10-17(18)22-19(24)21-15-16-9-7-8-12-20-16;;/h5-12H,3-4,13-15H2,1-2H3,(H,21,22);2*1H. The van der Waals surface area contributed by atoms with Crippen LogP contribution in [-0.2, 0) is 13.1 Å². The van der Waals surface area contributed by atoms with Gasteiger partial charge in [-0.1, -0.05) is 32.0 Å². The van der Waals surface area contributed by atoms with Crippen LogP contribution in [0.4, 0.5) is 5.95 Å². The van der Waals surface area contributed by atoms with E-state index in [0.717, 1.165) is 43.3 Å². The summed E-state index contributed by atoms with van der Waals surface area (Å²) < 4.78 is 2.27. The van der Waals surface area contributed by atoms with Crippen molar-refractivity contribution in [1.82, 2.24) is 19.4 Å². The lowest BCUT2D eigenvalue weighted by Gasteiger charge is -2.19. The normalized spacial score (nSPS) is 10.4. The first-order chi connectivity index (χ1) is 11.8. The predicted molar refractivity (Wildman–Crippen MR) is 114 cm³/mol. The molecule has 0 saturated heterocycles. The van der Waals surface area contributed by atoms with Crippen LogP contribution in [-0.4, -0.2) is 39.1 Å². The van der Waals surface area contributed by atoms with Gasteiger partial charge in [-0.25, -0.2) is 4.98 Å². The van der Waals surface area contributed by atoms with Gasteiger partial charge < -0.3 is 14.8 Å². The average Bonchev–Trinajstić information content (AvgIpc) is 2.99. The second kappa shape index (κ2) is 11.0. The molecular formula is C19H27Cl2N5. The highest BCUT2D eigenvalue weighted by atomic mass is 35.5. The van der Waals surface area contributed by atoms with Crippen LogP contribution in [0.1, 0.15) is 19.5 Å². The third-order valence-electron chi connectivity index (χ3n) is 4.34. The topological polar surface area (TPSA) is 46.0 Å². The molecule has 1 aromatic carbocycles. The van der Waals surface area contributed by atoms with Gasteiger partial charge in [-0.3, -0.25) is 4.98 Å². The number of pyridine rings is 1. The molecule has 0 spiro atoms. The van der Waals surface area contributed by atoms with E-state index in [1.165, 1.54) is 5.52 Å². The second-order valence-electron chi connectivity index (χ2n) is 5.78. The van der Waals surface area contributed by atoms with Gasteiger partial charge in [0, 0.05) is 19.3 Å². The van der Waals surface area contributed by atoms with Crippen molar-refractivity contribution in [3.8, 4) is 0 Å². The monoisotopic (exact) mass is 395 g/mol. The average molecular weight is 396 g/mol. The molecule has 0 atom stereocenters. The molecule has 26 heavy (non-hydrogen) atoms. The largest absolute Gasteiger partial charge is 0.350 e. The zero-order chi connectivity index (χ0) is 16.8. The molecule has 3 aromatic rings. The highest BCUT2D eigenvalue weighted by Crippen LogP contribution is 2.20. The van der Waals surface area contributed by atoms with Crippen LogP contribution in [0.15, 0.2) is 48.7 Å². The maximum absolute atomic E-state index is 4.76. The Morgan fingerprint density at radius 3 is 2.42 bits per heavy atom. The number of halogens is 2. The predicted octanol–water partition coefficient (Wildman–Crippen LogP) is 4.23. The van der Waals surface area contributed by atoms with Crippen molar-refractivity contribution in [3.63, 3.8) is 0 Å². The Morgan fingerprint density at radius 2 is 1.73 bits per heavy atom. The number of imidazole rings is 1. The van der Waals surface area contributed by atoms with Crippen LogP contribution in [0.5, 0.6) is 0 Å². The van der Waals surface area contributed by atoms with E-state index >= 15 is 0 Å². The summed E-state index contributed by atoms with van der Waals surface area (Å²) in [4.78, 5) is 11.6. The van der Waals surface area contributed by atoms with Gasteiger partial charge >= 0.3 is 0 Å². The molecule has 1 N–H and O–H groups in total. The molecule has 0 radical (unpaired) electrons. The first-order valence-electron chi connectivity index (χ1n) is 8.63. The molecule has 0 bridgehead atoms. The van der Waals surface area contributed by atoms with Crippen LogP contribution < -0.4 is 5.32 Å². The maximum atomic E-state index is 4.76. The molecule has 0 fully saturated rings. The number of nitrogens with zero attached hydrogens (tertiary/aromatic N) is 4. The summed E-state index contributed by atoms with van der Waals surface area (Å²) in [6.45, 7) is 9.17. The van der Waals surface area contributed by atoms with Crippen LogP contribution in [0.3, 0.4) is 0 Å². The SMILES string of the molecule is CCN(CC)CCn1c(NCc2ccccn2)nc2ccccc21.Cl.Cl. The molecule has 5 nitrogen and oxygen atoms in total. The summed E-state index contributed by atoms with van der Waals surface area (Å²) >= 11 is 0. The number of anilines is 1. The number of nitrogens with one attached hydrogen (secondary N) is 1. The smallest absolute Gasteiger partial charge is 0.204 e. The fourth-order valence-corrected chi connectivity index (χ4v) is 2.89. The Hall–Kier alpha value is -1.82. The van der Waals surface area contributed by atoms with Crippen molar-refractivity contribution in [2.75, 3.05) is 25.0 Å². The zero-order valence-electron chi connectivity index (χ0n) is 15.3. The van der Waals surface area contributed by atoms with Gasteiger partial charge in [0.25, 0.3) is 0 Å². The highest BCUT2D eigenvalue weighted by Gasteiger charge is 2.11. The van der Waals surface area contributed by atoms with E-state index in [1.807, 2.05) is 30.5 Å². The molecule has 7 heteroatoms. The lowest BCUT2D eigenvalue weighted by atomic mass is 10.3. The van der Waals surface area contributed by atoms with E-state index in [4.69, 9.17) is 4.98 Å². The summed E-state index contributed by atoms with van der Waals surface area (Å²) in [7, 11) is 0. The second-order valence-corrected chi connectivity index (χ2v) is 5.78. The first-order valence-corrected chi connectivity index (χ1v) is 8.63. The Labute approximate surface area is 167 Å². The number of hydrogen-bond acceptors (Lipinski definition) is 4. The van der Waals surface area contributed by atoms with Crippen molar-refractivity contribution in [3.05, 3.63) is 54.4 Å². The van der Waals surface area contributed by atoms with E-state index in [-0.39, 0.29) is 24.8 Å². The Bertz CT molecular complexity index is 772. The van der Waals surface area contributed by atoms with Crippen LogP contribution >= 0.6 is 24.8 Å². The van der Waals surface area contributed by atoms with Crippen LogP contribution in [0.2, 0.25) is 0 Å². The minimum Gasteiger partial charge on any atom is -0.350 e. The van der Waals surface area contributed by atoms with E-state index in [1.54, 1.807) is 0 Å². The van der Waals surface area contributed by atoms with Crippen LogP contribution in [0.25, 0.3) is 11.0 Å². The fourth-order valence-electron chi connectivity index (χ4n) is 2.89. The van der Waals surface area contributed by atoms with E-state index in [2.05, 4.69) is 51.8 Å². The van der Waals surface area contributed by atoms with Crippen LogP contribution in [0, 0.1) is 0 Å². The van der Waals surface area contributed by atoms with Gasteiger partial charge in [0.05, 0.1) is 23.3 Å². The third-order valence-corrected chi connectivity index (χ3v) is 4.34. The summed E-state index contributed by atoms with van der Waals surface area (Å²) in [5, 5.41) is 3.45. The fraction of sp³-hybridized carbons (Fsp3) is 0.368. The summed E-state index contributed by atoms with van der Waals surface area (Å²) in [5.41, 5.74) is 3.22. The number of benzene rings is 1. The molecule has 0 unspecified atom stereocenters. The Balaban J connectivity index is 0.00000169. The Kier molecular flexibility index (Phi) is 9.41. The number of hydrogen-bond donors (Lipinski definition) is 1. The summed E-state index contributed by atoms with van der Waals surface area (Å²) in [5.74, 6) is 0.911.